The van der Waals surface area contributed by atoms with Gasteiger partial charge in [0.15, 0.2) is 5.82 Å². The fourth-order valence-corrected chi connectivity index (χ4v) is 3.41. The molecule has 1 N–H and O–H groups in total. The maximum absolute atomic E-state index is 12.0. The molecule has 1 unspecified atom stereocenters. The molecule has 7 heteroatoms. The number of imidazole rings is 1. The first-order valence-corrected chi connectivity index (χ1v) is 9.44. The third-order valence-corrected chi connectivity index (χ3v) is 5.31. The number of carbonyl (C=O) groups excluding carboxylic acids is 1. The molecule has 2 aliphatic carbocycles. The second-order valence-corrected chi connectivity index (χ2v) is 7.56. The van der Waals surface area contributed by atoms with Crippen molar-refractivity contribution in [2.45, 2.75) is 38.1 Å². The molecular formula is C20H20N6O. The van der Waals surface area contributed by atoms with Gasteiger partial charge in [0, 0.05) is 17.7 Å². The third kappa shape index (κ3) is 3.19. The first-order chi connectivity index (χ1) is 13.2. The van der Waals surface area contributed by atoms with Crippen molar-refractivity contribution in [2.75, 3.05) is 5.32 Å². The van der Waals surface area contributed by atoms with Gasteiger partial charge in [-0.2, -0.15) is 10.4 Å². The van der Waals surface area contributed by atoms with Crippen molar-refractivity contribution in [1.29, 1.82) is 5.26 Å². The van der Waals surface area contributed by atoms with E-state index in [2.05, 4.69) is 21.5 Å². The number of hydrogen-bond acceptors (Lipinski definition) is 4. The van der Waals surface area contributed by atoms with Crippen LogP contribution < -0.4 is 5.32 Å². The highest BCUT2D eigenvalue weighted by molar-refractivity contribution is 5.93. The maximum Gasteiger partial charge on any atom is 0.228 e. The lowest BCUT2D eigenvalue weighted by molar-refractivity contribution is -0.117. The van der Waals surface area contributed by atoms with Crippen molar-refractivity contribution in [1.82, 2.24) is 19.2 Å². The number of rotatable bonds is 6. The zero-order valence-corrected chi connectivity index (χ0v) is 14.9. The number of hydrogen-bond donors (Lipinski definition) is 1. The fourth-order valence-electron chi connectivity index (χ4n) is 3.41. The summed E-state index contributed by atoms with van der Waals surface area (Å²) in [5.41, 5.74) is 2.62. The van der Waals surface area contributed by atoms with Gasteiger partial charge in [-0.15, -0.1) is 0 Å². The molecule has 0 spiro atoms. The van der Waals surface area contributed by atoms with Crippen molar-refractivity contribution in [3.05, 3.63) is 36.8 Å². The second-order valence-electron chi connectivity index (χ2n) is 7.56. The number of amides is 1. The molecule has 0 aliphatic heterocycles. The minimum absolute atomic E-state index is 0.0460. The summed E-state index contributed by atoms with van der Waals surface area (Å²) in [6.07, 6.45) is 10.8. The Kier molecular flexibility index (Phi) is 3.71. The van der Waals surface area contributed by atoms with Gasteiger partial charge < -0.3 is 5.32 Å². The van der Waals surface area contributed by atoms with Crippen LogP contribution >= 0.6 is 0 Å². The number of nitriles is 1. The van der Waals surface area contributed by atoms with E-state index in [1.807, 2.05) is 35.0 Å². The minimum atomic E-state index is -0.221. The average molecular weight is 360 g/mol. The van der Waals surface area contributed by atoms with Crippen LogP contribution in [0.2, 0.25) is 0 Å². The summed E-state index contributed by atoms with van der Waals surface area (Å²) in [6.45, 7) is 0. The molecule has 2 fully saturated rings. The van der Waals surface area contributed by atoms with E-state index in [0.29, 0.717) is 11.7 Å². The van der Waals surface area contributed by atoms with Crippen LogP contribution in [-0.4, -0.2) is 25.1 Å². The molecule has 0 radical (unpaired) electrons. The lowest BCUT2D eigenvalue weighted by Gasteiger charge is -2.08. The standard InChI is InChI=1S/C20H20N6O/c21-9-16(8-13-4-5-13)26-11-15(10-22-26)17-2-1-3-19-23-18(12-25(17)19)24-20(27)14-6-7-14/h1-3,10-14,16H,4-8H2,(H,24,27). The largest absolute Gasteiger partial charge is 0.309 e. The van der Waals surface area contributed by atoms with Gasteiger partial charge in [0.2, 0.25) is 5.91 Å². The zero-order chi connectivity index (χ0) is 18.4. The number of nitrogens with zero attached hydrogens (tertiary/aromatic N) is 5. The predicted octanol–water partition coefficient (Wildman–Crippen LogP) is 3.41. The molecule has 2 saturated carbocycles. The molecule has 1 atom stereocenters. The number of carbonyl (C=O) groups is 1. The Bertz CT molecular complexity index is 1050. The quantitative estimate of drug-likeness (QED) is 0.729. The molecule has 1 amide bonds. The molecule has 3 aromatic heterocycles. The van der Waals surface area contributed by atoms with Crippen LogP contribution in [0.3, 0.4) is 0 Å². The summed E-state index contributed by atoms with van der Waals surface area (Å²) in [7, 11) is 0. The molecule has 0 saturated heterocycles. The Hall–Kier alpha value is -3.14. The van der Waals surface area contributed by atoms with Crippen molar-refractivity contribution in [3.8, 4) is 17.3 Å². The van der Waals surface area contributed by atoms with Crippen molar-refractivity contribution < 1.29 is 4.79 Å². The van der Waals surface area contributed by atoms with Crippen LogP contribution in [0.5, 0.6) is 0 Å². The predicted molar refractivity (Wildman–Crippen MR) is 99.8 cm³/mol. The van der Waals surface area contributed by atoms with E-state index in [-0.39, 0.29) is 17.9 Å². The third-order valence-electron chi connectivity index (χ3n) is 5.31. The summed E-state index contributed by atoms with van der Waals surface area (Å²) in [5, 5.41) is 16.8. The molecule has 3 aromatic rings. The van der Waals surface area contributed by atoms with Crippen molar-refractivity contribution in [3.63, 3.8) is 0 Å². The van der Waals surface area contributed by atoms with Gasteiger partial charge >= 0.3 is 0 Å². The maximum atomic E-state index is 12.0. The minimum Gasteiger partial charge on any atom is -0.309 e. The van der Waals surface area contributed by atoms with E-state index in [4.69, 9.17) is 0 Å². The van der Waals surface area contributed by atoms with E-state index in [9.17, 15) is 10.1 Å². The van der Waals surface area contributed by atoms with E-state index in [0.717, 1.165) is 36.2 Å². The molecule has 0 bridgehead atoms. The molecule has 3 heterocycles. The molecular weight excluding hydrogens is 340 g/mol. The van der Waals surface area contributed by atoms with E-state index < -0.39 is 0 Å². The Morgan fingerprint density at radius 3 is 2.89 bits per heavy atom. The first kappa shape index (κ1) is 16.1. The molecule has 5 rings (SSSR count). The number of nitrogens with one attached hydrogen (secondary N) is 1. The van der Waals surface area contributed by atoms with Gasteiger partial charge in [-0.1, -0.05) is 18.9 Å². The normalized spacial score (nSPS) is 17.6. The van der Waals surface area contributed by atoms with Gasteiger partial charge in [-0.3, -0.25) is 13.9 Å². The van der Waals surface area contributed by atoms with Gasteiger partial charge in [0.25, 0.3) is 0 Å². The lowest BCUT2D eigenvalue weighted by Crippen LogP contribution is -2.13. The van der Waals surface area contributed by atoms with Crippen LogP contribution in [0.4, 0.5) is 5.82 Å². The smallest absolute Gasteiger partial charge is 0.228 e. The van der Waals surface area contributed by atoms with E-state index in [1.54, 1.807) is 10.9 Å². The van der Waals surface area contributed by atoms with E-state index in [1.165, 1.54) is 12.8 Å². The summed E-state index contributed by atoms with van der Waals surface area (Å²) >= 11 is 0. The Morgan fingerprint density at radius 1 is 1.30 bits per heavy atom. The van der Waals surface area contributed by atoms with Crippen molar-refractivity contribution >= 4 is 17.4 Å². The second kappa shape index (κ2) is 6.23. The van der Waals surface area contributed by atoms with Gasteiger partial charge in [-0.25, -0.2) is 4.98 Å². The van der Waals surface area contributed by atoms with Crippen LogP contribution in [-0.2, 0) is 4.79 Å². The monoisotopic (exact) mass is 360 g/mol. The number of pyridine rings is 1. The van der Waals surface area contributed by atoms with E-state index >= 15 is 0 Å². The summed E-state index contributed by atoms with van der Waals surface area (Å²) in [5.74, 6) is 1.42. The average Bonchev–Trinajstić information content (AvgIpc) is 3.59. The highest BCUT2D eigenvalue weighted by Gasteiger charge is 2.30. The molecule has 7 nitrogen and oxygen atoms in total. The van der Waals surface area contributed by atoms with Gasteiger partial charge in [0.05, 0.1) is 24.2 Å². The van der Waals surface area contributed by atoms with Crippen LogP contribution in [0.1, 0.15) is 38.1 Å². The Labute approximate surface area is 156 Å². The van der Waals surface area contributed by atoms with Crippen LogP contribution in [0, 0.1) is 23.2 Å². The number of aromatic nitrogens is 4. The summed E-state index contributed by atoms with van der Waals surface area (Å²) in [4.78, 5) is 16.5. The Morgan fingerprint density at radius 2 is 2.15 bits per heavy atom. The molecule has 2 aliphatic rings. The highest BCUT2D eigenvalue weighted by atomic mass is 16.2. The van der Waals surface area contributed by atoms with Gasteiger partial charge in [0.1, 0.15) is 11.7 Å². The molecule has 27 heavy (non-hydrogen) atoms. The summed E-state index contributed by atoms with van der Waals surface area (Å²) < 4.78 is 3.71. The number of anilines is 1. The highest BCUT2D eigenvalue weighted by Crippen LogP contribution is 2.37. The van der Waals surface area contributed by atoms with Gasteiger partial charge in [-0.05, 0) is 37.3 Å². The van der Waals surface area contributed by atoms with Crippen LogP contribution in [0.15, 0.2) is 36.8 Å². The molecule has 136 valence electrons. The Balaban J connectivity index is 1.44. The van der Waals surface area contributed by atoms with Crippen LogP contribution in [0.25, 0.3) is 16.9 Å². The molecule has 0 aromatic carbocycles. The number of fused-ring (bicyclic) bond motifs is 1. The topological polar surface area (TPSA) is 88.0 Å². The fraction of sp³-hybridized carbons (Fsp3) is 0.400. The lowest BCUT2D eigenvalue weighted by atomic mass is 10.1. The van der Waals surface area contributed by atoms with Crippen molar-refractivity contribution in [2.24, 2.45) is 11.8 Å². The summed E-state index contributed by atoms with van der Waals surface area (Å²) in [6, 6.07) is 7.98. The SMILES string of the molecule is N#CC(CC1CC1)n1cc(-c2cccc3nc(NC(=O)C4CC4)cn23)cn1. The first-order valence-electron chi connectivity index (χ1n) is 9.44. The zero-order valence-electron chi connectivity index (χ0n) is 14.9.